The molecular formula is C19H24N4O3S. The Morgan fingerprint density at radius 1 is 1.22 bits per heavy atom. The van der Waals surface area contributed by atoms with Gasteiger partial charge in [0.2, 0.25) is 11.0 Å². The number of benzene rings is 1. The molecule has 0 unspecified atom stereocenters. The van der Waals surface area contributed by atoms with Gasteiger partial charge in [-0.3, -0.25) is 9.59 Å². The molecule has 1 aromatic heterocycles. The van der Waals surface area contributed by atoms with E-state index in [1.165, 1.54) is 30.6 Å². The average Bonchev–Trinajstić information content (AvgIpc) is 3.17. The maximum Gasteiger partial charge on any atom is 0.251 e. The molecule has 27 heavy (non-hydrogen) atoms. The number of anilines is 1. The number of amides is 2. The van der Waals surface area contributed by atoms with Crippen molar-refractivity contribution in [1.82, 2.24) is 15.5 Å². The van der Waals surface area contributed by atoms with Crippen molar-refractivity contribution in [2.24, 2.45) is 0 Å². The largest absolute Gasteiger partial charge is 0.497 e. The number of ether oxygens (including phenoxy) is 1. The van der Waals surface area contributed by atoms with Crippen molar-refractivity contribution in [3.63, 3.8) is 0 Å². The summed E-state index contributed by atoms with van der Waals surface area (Å²) in [4.78, 5) is 24.2. The van der Waals surface area contributed by atoms with E-state index >= 15 is 0 Å². The average molecular weight is 388 g/mol. The molecule has 1 heterocycles. The molecule has 1 fully saturated rings. The van der Waals surface area contributed by atoms with Crippen LogP contribution in [0.15, 0.2) is 24.3 Å². The van der Waals surface area contributed by atoms with Crippen LogP contribution >= 0.6 is 11.3 Å². The summed E-state index contributed by atoms with van der Waals surface area (Å²) in [6.07, 6.45) is 6.24. The van der Waals surface area contributed by atoms with Crippen molar-refractivity contribution < 1.29 is 14.3 Å². The zero-order chi connectivity index (χ0) is 19.1. The van der Waals surface area contributed by atoms with E-state index in [1.54, 1.807) is 31.4 Å². The predicted molar refractivity (Wildman–Crippen MR) is 104 cm³/mol. The van der Waals surface area contributed by atoms with Crippen molar-refractivity contribution in [1.29, 1.82) is 0 Å². The molecule has 0 atom stereocenters. The lowest BCUT2D eigenvalue weighted by atomic mass is 9.90. The van der Waals surface area contributed by atoms with Crippen molar-refractivity contribution in [2.45, 2.75) is 44.4 Å². The van der Waals surface area contributed by atoms with Crippen molar-refractivity contribution in [2.75, 3.05) is 19.0 Å². The Labute approximate surface area is 162 Å². The van der Waals surface area contributed by atoms with Gasteiger partial charge in [-0.15, -0.1) is 10.2 Å². The fraction of sp³-hybridized carbons (Fsp3) is 0.474. The Kier molecular flexibility index (Phi) is 6.75. The third kappa shape index (κ3) is 5.50. The van der Waals surface area contributed by atoms with Gasteiger partial charge >= 0.3 is 0 Å². The highest BCUT2D eigenvalue weighted by atomic mass is 32.1. The lowest BCUT2D eigenvalue weighted by molar-refractivity contribution is -0.116. The number of carbonyl (C=O) groups excluding carboxylic acids is 2. The van der Waals surface area contributed by atoms with Gasteiger partial charge < -0.3 is 15.4 Å². The van der Waals surface area contributed by atoms with Crippen LogP contribution < -0.4 is 15.4 Å². The quantitative estimate of drug-likeness (QED) is 0.759. The molecule has 0 bridgehead atoms. The molecule has 2 aromatic rings. The Morgan fingerprint density at radius 3 is 2.81 bits per heavy atom. The highest BCUT2D eigenvalue weighted by molar-refractivity contribution is 7.15. The number of hydrogen-bond donors (Lipinski definition) is 2. The molecular weight excluding hydrogens is 364 g/mol. The first-order chi connectivity index (χ1) is 13.2. The van der Waals surface area contributed by atoms with E-state index in [0.717, 1.165) is 17.8 Å². The SMILES string of the molecule is COc1cccc(C(=O)NCCC(=O)Nc2nnc(C3CCCCC3)s2)c1. The molecule has 1 saturated carbocycles. The molecule has 1 aliphatic carbocycles. The van der Waals surface area contributed by atoms with Crippen LogP contribution in [0.5, 0.6) is 5.75 Å². The molecule has 0 radical (unpaired) electrons. The molecule has 7 nitrogen and oxygen atoms in total. The smallest absolute Gasteiger partial charge is 0.251 e. The van der Waals surface area contributed by atoms with Crippen LogP contribution in [0.25, 0.3) is 0 Å². The van der Waals surface area contributed by atoms with Crippen LogP contribution in [0.3, 0.4) is 0 Å². The summed E-state index contributed by atoms with van der Waals surface area (Å²) in [5.74, 6) is 0.666. The second kappa shape index (κ2) is 9.45. The highest BCUT2D eigenvalue weighted by Crippen LogP contribution is 2.35. The minimum atomic E-state index is -0.239. The Morgan fingerprint density at radius 2 is 2.04 bits per heavy atom. The van der Waals surface area contributed by atoms with Crippen molar-refractivity contribution >= 4 is 28.3 Å². The minimum absolute atomic E-state index is 0.175. The first kappa shape index (κ1) is 19.3. The summed E-state index contributed by atoms with van der Waals surface area (Å²) in [7, 11) is 1.55. The second-order valence-electron chi connectivity index (χ2n) is 6.57. The zero-order valence-electron chi connectivity index (χ0n) is 15.4. The van der Waals surface area contributed by atoms with Crippen molar-refractivity contribution in [3.05, 3.63) is 34.8 Å². The topological polar surface area (TPSA) is 93.2 Å². The van der Waals surface area contributed by atoms with Gasteiger partial charge in [0, 0.05) is 24.4 Å². The number of hydrogen-bond acceptors (Lipinski definition) is 6. The first-order valence-corrected chi connectivity index (χ1v) is 10.0. The molecule has 8 heteroatoms. The molecule has 1 aliphatic rings. The van der Waals surface area contributed by atoms with E-state index in [9.17, 15) is 9.59 Å². The standard InChI is InChI=1S/C19H24N4O3S/c1-26-15-9-5-8-14(12-15)17(25)20-11-10-16(24)21-19-23-22-18(27-19)13-6-3-2-4-7-13/h5,8-9,12-13H,2-4,6-7,10-11H2,1H3,(H,20,25)(H,21,23,24). The normalized spacial score (nSPS) is 14.6. The van der Waals surface area contributed by atoms with E-state index in [-0.39, 0.29) is 24.8 Å². The molecule has 2 amide bonds. The van der Waals surface area contributed by atoms with Crippen LogP contribution in [-0.4, -0.2) is 35.7 Å². The molecule has 0 saturated heterocycles. The summed E-state index contributed by atoms with van der Waals surface area (Å²) in [5, 5.41) is 15.3. The summed E-state index contributed by atoms with van der Waals surface area (Å²) in [6.45, 7) is 0.246. The van der Waals surface area contributed by atoms with E-state index < -0.39 is 0 Å². The number of carbonyl (C=O) groups is 2. The summed E-state index contributed by atoms with van der Waals surface area (Å²) < 4.78 is 5.10. The summed E-state index contributed by atoms with van der Waals surface area (Å²) in [6, 6.07) is 6.88. The Balaban J connectivity index is 1.43. The lowest BCUT2D eigenvalue weighted by Gasteiger charge is -2.18. The van der Waals surface area contributed by atoms with Gasteiger partial charge in [-0.05, 0) is 31.0 Å². The Hall–Kier alpha value is -2.48. The molecule has 0 spiro atoms. The third-order valence-electron chi connectivity index (χ3n) is 4.61. The van der Waals surface area contributed by atoms with Crippen LogP contribution in [0.1, 0.15) is 59.8 Å². The third-order valence-corrected chi connectivity index (χ3v) is 5.61. The van der Waals surface area contributed by atoms with Crippen molar-refractivity contribution in [3.8, 4) is 5.75 Å². The minimum Gasteiger partial charge on any atom is -0.497 e. The van der Waals surface area contributed by atoms with Crippen LogP contribution in [-0.2, 0) is 4.79 Å². The fourth-order valence-electron chi connectivity index (χ4n) is 3.14. The van der Waals surface area contributed by atoms with Crippen LogP contribution in [0.2, 0.25) is 0 Å². The monoisotopic (exact) mass is 388 g/mol. The van der Waals surface area contributed by atoms with Gasteiger partial charge in [-0.2, -0.15) is 0 Å². The number of methoxy groups -OCH3 is 1. The van der Waals surface area contributed by atoms with E-state index in [2.05, 4.69) is 20.8 Å². The molecule has 0 aliphatic heterocycles. The predicted octanol–water partition coefficient (Wildman–Crippen LogP) is 3.35. The van der Waals surface area contributed by atoms with Gasteiger partial charge in [0.05, 0.1) is 7.11 Å². The van der Waals surface area contributed by atoms with Gasteiger partial charge in [0.1, 0.15) is 10.8 Å². The number of aromatic nitrogens is 2. The summed E-state index contributed by atoms with van der Waals surface area (Å²) >= 11 is 1.45. The van der Waals surface area contributed by atoms with E-state index in [1.807, 2.05) is 0 Å². The molecule has 1 aromatic carbocycles. The number of nitrogens with one attached hydrogen (secondary N) is 2. The number of nitrogens with zero attached hydrogens (tertiary/aromatic N) is 2. The Bertz CT molecular complexity index is 787. The van der Waals surface area contributed by atoms with Gasteiger partial charge in [0.25, 0.3) is 5.91 Å². The zero-order valence-corrected chi connectivity index (χ0v) is 16.2. The lowest BCUT2D eigenvalue weighted by Crippen LogP contribution is -2.27. The van der Waals surface area contributed by atoms with E-state index in [4.69, 9.17) is 4.74 Å². The highest BCUT2D eigenvalue weighted by Gasteiger charge is 2.20. The van der Waals surface area contributed by atoms with E-state index in [0.29, 0.717) is 22.4 Å². The summed E-state index contributed by atoms with van der Waals surface area (Å²) in [5.41, 5.74) is 0.496. The second-order valence-corrected chi connectivity index (χ2v) is 7.58. The van der Waals surface area contributed by atoms with Crippen LogP contribution in [0, 0.1) is 0 Å². The molecule has 144 valence electrons. The molecule has 2 N–H and O–H groups in total. The number of rotatable bonds is 7. The first-order valence-electron chi connectivity index (χ1n) is 9.21. The van der Waals surface area contributed by atoms with Crippen LogP contribution in [0.4, 0.5) is 5.13 Å². The molecule has 3 rings (SSSR count). The van der Waals surface area contributed by atoms with Gasteiger partial charge in [-0.25, -0.2) is 0 Å². The van der Waals surface area contributed by atoms with Gasteiger partial charge in [-0.1, -0.05) is 36.7 Å². The maximum absolute atomic E-state index is 12.1. The van der Waals surface area contributed by atoms with Gasteiger partial charge in [0.15, 0.2) is 0 Å². The maximum atomic E-state index is 12.1. The fourth-order valence-corrected chi connectivity index (χ4v) is 4.07.